The summed E-state index contributed by atoms with van der Waals surface area (Å²) in [5, 5.41) is 12.3. The number of nitrogens with one attached hydrogen (secondary N) is 1. The van der Waals surface area contributed by atoms with Crippen LogP contribution < -0.4 is 5.32 Å². The minimum atomic E-state index is -0.891. The van der Waals surface area contributed by atoms with Crippen molar-refractivity contribution in [2.45, 2.75) is 51.7 Å². The summed E-state index contributed by atoms with van der Waals surface area (Å²) in [7, 11) is 0. The van der Waals surface area contributed by atoms with E-state index in [1.165, 1.54) is 0 Å². The molecule has 1 aromatic carbocycles. The number of carbonyl (C=O) groups is 2. The first-order valence-electron chi connectivity index (χ1n) is 7.58. The SMILES string of the molecule is CC(C)(C)OC(=O)NC1c2ccccc2CCCC1C(=O)O. The Morgan fingerprint density at radius 2 is 1.95 bits per heavy atom. The van der Waals surface area contributed by atoms with Gasteiger partial charge in [-0.05, 0) is 51.2 Å². The van der Waals surface area contributed by atoms with Gasteiger partial charge in [-0.2, -0.15) is 0 Å². The number of hydrogen-bond donors (Lipinski definition) is 2. The number of alkyl carbamates (subject to hydrolysis) is 1. The molecule has 0 bridgehead atoms. The Morgan fingerprint density at radius 1 is 1.27 bits per heavy atom. The summed E-state index contributed by atoms with van der Waals surface area (Å²) in [6, 6.07) is 7.12. The van der Waals surface area contributed by atoms with Crippen LogP contribution in [0, 0.1) is 5.92 Å². The maximum Gasteiger partial charge on any atom is 0.408 e. The van der Waals surface area contributed by atoms with E-state index in [1.807, 2.05) is 24.3 Å². The summed E-state index contributed by atoms with van der Waals surface area (Å²) < 4.78 is 5.28. The molecule has 5 nitrogen and oxygen atoms in total. The first-order valence-corrected chi connectivity index (χ1v) is 7.58. The number of carboxylic acid groups (broad SMARTS) is 1. The van der Waals surface area contributed by atoms with Crippen LogP contribution in [0.1, 0.15) is 50.8 Å². The Labute approximate surface area is 130 Å². The fraction of sp³-hybridized carbons (Fsp3) is 0.529. The molecule has 1 aliphatic carbocycles. The molecule has 1 amide bonds. The molecule has 0 aliphatic heterocycles. The number of amides is 1. The minimum Gasteiger partial charge on any atom is -0.481 e. The van der Waals surface area contributed by atoms with Gasteiger partial charge in [0.15, 0.2) is 0 Å². The Hall–Kier alpha value is -2.04. The third-order valence-corrected chi connectivity index (χ3v) is 3.74. The summed E-state index contributed by atoms with van der Waals surface area (Å²) in [6.07, 6.45) is 1.57. The van der Waals surface area contributed by atoms with E-state index in [2.05, 4.69) is 5.32 Å². The van der Waals surface area contributed by atoms with E-state index >= 15 is 0 Å². The maximum absolute atomic E-state index is 12.1. The lowest BCUT2D eigenvalue weighted by atomic mass is 9.91. The van der Waals surface area contributed by atoms with Crippen LogP contribution in [0.2, 0.25) is 0 Å². The van der Waals surface area contributed by atoms with Crippen molar-refractivity contribution in [2.24, 2.45) is 5.92 Å². The monoisotopic (exact) mass is 305 g/mol. The molecule has 0 fully saturated rings. The summed E-state index contributed by atoms with van der Waals surface area (Å²) in [5.41, 5.74) is 1.35. The normalized spacial score (nSPS) is 21.4. The first-order chi connectivity index (χ1) is 10.3. The summed E-state index contributed by atoms with van der Waals surface area (Å²) in [6.45, 7) is 5.34. The van der Waals surface area contributed by atoms with Gasteiger partial charge in [-0.1, -0.05) is 24.3 Å². The molecule has 22 heavy (non-hydrogen) atoms. The van der Waals surface area contributed by atoms with Crippen LogP contribution in [-0.4, -0.2) is 22.8 Å². The second kappa shape index (κ2) is 6.38. The number of aryl methyl sites for hydroxylation is 1. The molecular formula is C17H23NO4. The summed E-state index contributed by atoms with van der Waals surface area (Å²) in [5.74, 6) is -1.53. The second-order valence-electron chi connectivity index (χ2n) is 6.66. The highest BCUT2D eigenvalue weighted by Crippen LogP contribution is 2.33. The van der Waals surface area contributed by atoms with E-state index in [4.69, 9.17) is 4.74 Å². The van der Waals surface area contributed by atoms with Crippen LogP contribution in [-0.2, 0) is 16.0 Å². The first kappa shape index (κ1) is 16.3. The van der Waals surface area contributed by atoms with Crippen LogP contribution >= 0.6 is 0 Å². The quantitative estimate of drug-likeness (QED) is 0.822. The molecule has 1 aliphatic rings. The number of aliphatic carboxylic acids is 1. The predicted octanol–water partition coefficient (Wildman–Crippen LogP) is 3.29. The standard InChI is InChI=1S/C17H23NO4/c1-17(2,3)22-16(21)18-14-12-9-5-4-7-11(12)8-6-10-13(14)15(19)20/h4-5,7,9,13-14H,6,8,10H2,1-3H3,(H,18,21)(H,19,20). The Bertz CT molecular complexity index is 562. The van der Waals surface area contributed by atoms with Gasteiger partial charge in [-0.3, -0.25) is 4.79 Å². The number of benzene rings is 1. The van der Waals surface area contributed by atoms with Gasteiger partial charge in [0.25, 0.3) is 0 Å². The molecule has 2 unspecified atom stereocenters. The molecule has 0 saturated heterocycles. The molecule has 0 aromatic heterocycles. The van der Waals surface area contributed by atoms with E-state index in [1.54, 1.807) is 20.8 Å². The average molecular weight is 305 g/mol. The lowest BCUT2D eigenvalue weighted by molar-refractivity contribution is -0.143. The topological polar surface area (TPSA) is 75.6 Å². The zero-order chi connectivity index (χ0) is 16.3. The largest absolute Gasteiger partial charge is 0.481 e. The van der Waals surface area contributed by atoms with Crippen molar-refractivity contribution < 1.29 is 19.4 Å². The average Bonchev–Trinajstić information content (AvgIpc) is 2.57. The number of carboxylic acids is 1. The van der Waals surface area contributed by atoms with Gasteiger partial charge in [0.05, 0.1) is 12.0 Å². The molecular weight excluding hydrogens is 282 g/mol. The predicted molar refractivity (Wildman–Crippen MR) is 82.6 cm³/mol. The zero-order valence-corrected chi connectivity index (χ0v) is 13.3. The molecule has 2 N–H and O–H groups in total. The van der Waals surface area contributed by atoms with Crippen molar-refractivity contribution in [2.75, 3.05) is 0 Å². The molecule has 1 aromatic rings. The highest BCUT2D eigenvalue weighted by atomic mass is 16.6. The molecule has 120 valence electrons. The molecule has 5 heteroatoms. The molecule has 2 rings (SSSR count). The van der Waals surface area contributed by atoms with Crippen molar-refractivity contribution in [3.05, 3.63) is 35.4 Å². The Balaban J connectivity index is 2.29. The number of carbonyl (C=O) groups excluding carboxylic acids is 1. The van der Waals surface area contributed by atoms with E-state index < -0.39 is 29.6 Å². The highest BCUT2D eigenvalue weighted by Gasteiger charge is 2.34. The Morgan fingerprint density at radius 3 is 2.59 bits per heavy atom. The van der Waals surface area contributed by atoms with Crippen LogP contribution in [0.3, 0.4) is 0 Å². The van der Waals surface area contributed by atoms with Gasteiger partial charge in [0, 0.05) is 0 Å². The van der Waals surface area contributed by atoms with Crippen molar-refractivity contribution in [3.8, 4) is 0 Å². The lowest BCUT2D eigenvalue weighted by Gasteiger charge is -2.27. The molecule has 0 heterocycles. The van der Waals surface area contributed by atoms with Gasteiger partial charge >= 0.3 is 12.1 Å². The van der Waals surface area contributed by atoms with E-state index in [0.29, 0.717) is 6.42 Å². The fourth-order valence-electron chi connectivity index (χ4n) is 2.84. The van der Waals surface area contributed by atoms with Gasteiger partial charge in [0.1, 0.15) is 5.60 Å². The summed E-state index contributed by atoms with van der Waals surface area (Å²) in [4.78, 5) is 23.7. The molecule has 0 saturated carbocycles. The van der Waals surface area contributed by atoms with Crippen molar-refractivity contribution in [1.82, 2.24) is 5.32 Å². The minimum absolute atomic E-state index is 0.532. The van der Waals surface area contributed by atoms with Crippen molar-refractivity contribution in [3.63, 3.8) is 0 Å². The maximum atomic E-state index is 12.1. The van der Waals surface area contributed by atoms with Gasteiger partial charge in [-0.15, -0.1) is 0 Å². The van der Waals surface area contributed by atoms with Gasteiger partial charge < -0.3 is 15.2 Å². The zero-order valence-electron chi connectivity index (χ0n) is 13.3. The van der Waals surface area contributed by atoms with Crippen molar-refractivity contribution in [1.29, 1.82) is 0 Å². The molecule has 2 atom stereocenters. The van der Waals surface area contributed by atoms with Gasteiger partial charge in [-0.25, -0.2) is 4.79 Å². The number of ether oxygens (including phenoxy) is 1. The van der Waals surface area contributed by atoms with Crippen LogP contribution in [0.5, 0.6) is 0 Å². The third kappa shape index (κ3) is 4.00. The molecule has 0 spiro atoms. The van der Waals surface area contributed by atoms with Crippen LogP contribution in [0.4, 0.5) is 4.79 Å². The fourth-order valence-corrected chi connectivity index (χ4v) is 2.84. The lowest BCUT2D eigenvalue weighted by Crippen LogP contribution is -2.39. The smallest absolute Gasteiger partial charge is 0.408 e. The number of hydrogen-bond acceptors (Lipinski definition) is 3. The van der Waals surface area contributed by atoms with Crippen LogP contribution in [0.25, 0.3) is 0 Å². The molecule has 0 radical (unpaired) electrons. The van der Waals surface area contributed by atoms with E-state index in [-0.39, 0.29) is 0 Å². The van der Waals surface area contributed by atoms with Gasteiger partial charge in [0.2, 0.25) is 0 Å². The van der Waals surface area contributed by atoms with Crippen molar-refractivity contribution >= 4 is 12.1 Å². The summed E-state index contributed by atoms with van der Waals surface area (Å²) >= 11 is 0. The number of rotatable bonds is 2. The highest BCUT2D eigenvalue weighted by molar-refractivity contribution is 5.74. The van der Waals surface area contributed by atoms with E-state index in [9.17, 15) is 14.7 Å². The van der Waals surface area contributed by atoms with E-state index in [0.717, 1.165) is 24.0 Å². The number of fused-ring (bicyclic) bond motifs is 1. The third-order valence-electron chi connectivity index (χ3n) is 3.74. The van der Waals surface area contributed by atoms with Crippen LogP contribution in [0.15, 0.2) is 24.3 Å². The Kier molecular flexibility index (Phi) is 4.74. The second-order valence-corrected chi connectivity index (χ2v) is 6.66.